The molecular weight excluding hydrogens is 420 g/mol. The minimum absolute atomic E-state index is 0.00417. The van der Waals surface area contributed by atoms with Gasteiger partial charge in [-0.3, -0.25) is 9.59 Å². The molecule has 2 heterocycles. The number of pyridine rings is 1. The van der Waals surface area contributed by atoms with Gasteiger partial charge in [-0.25, -0.2) is 18.4 Å². The van der Waals surface area contributed by atoms with Crippen LogP contribution in [-0.4, -0.2) is 40.7 Å². The highest BCUT2D eigenvalue weighted by Crippen LogP contribution is 2.23. The summed E-state index contributed by atoms with van der Waals surface area (Å²) in [7, 11) is -3.93. The van der Waals surface area contributed by atoms with Gasteiger partial charge < -0.3 is 15.4 Å². The summed E-state index contributed by atoms with van der Waals surface area (Å²) in [6.07, 6.45) is 2.08. The van der Waals surface area contributed by atoms with E-state index < -0.39 is 27.1 Å². The van der Waals surface area contributed by atoms with Crippen LogP contribution in [0.3, 0.4) is 0 Å². The number of rotatable bonds is 6. The van der Waals surface area contributed by atoms with Gasteiger partial charge in [-0.1, -0.05) is 11.6 Å². The van der Waals surface area contributed by atoms with Crippen LogP contribution in [0.25, 0.3) is 10.9 Å². The van der Waals surface area contributed by atoms with E-state index >= 15 is 0 Å². The van der Waals surface area contributed by atoms with E-state index in [0.29, 0.717) is 16.1 Å². The van der Waals surface area contributed by atoms with Crippen molar-refractivity contribution in [3.63, 3.8) is 0 Å². The lowest BCUT2D eigenvalue weighted by Crippen LogP contribution is -2.23. The maximum atomic E-state index is 12.4. The van der Waals surface area contributed by atoms with E-state index in [1.165, 1.54) is 12.3 Å². The van der Waals surface area contributed by atoms with Gasteiger partial charge in [0.2, 0.25) is 5.95 Å². The number of benzene rings is 1. The van der Waals surface area contributed by atoms with Crippen molar-refractivity contribution < 1.29 is 18.3 Å². The Morgan fingerprint density at radius 3 is 2.66 bits per heavy atom. The number of carboxylic acid groups (broad SMARTS) is 1. The number of H-pyrrole nitrogens is 1. The van der Waals surface area contributed by atoms with Crippen molar-refractivity contribution in [1.82, 2.24) is 15.0 Å². The molecule has 0 spiro atoms. The summed E-state index contributed by atoms with van der Waals surface area (Å²) in [6.45, 7) is 1.70. The molecule has 3 aromatic rings. The highest BCUT2D eigenvalue weighted by Gasteiger charge is 2.32. The number of hydrogen-bond acceptors (Lipinski definition) is 7. The first kappa shape index (κ1) is 20.7. The summed E-state index contributed by atoms with van der Waals surface area (Å²) in [6, 6.07) is 7.42. The van der Waals surface area contributed by atoms with E-state index in [1.807, 2.05) is 0 Å². The molecule has 1 aromatic carbocycles. The average molecular weight is 437 g/mol. The number of halogens is 1. The Balaban J connectivity index is 1.95. The number of aliphatic carboxylic acids is 1. The Kier molecular flexibility index (Phi) is 5.58. The van der Waals surface area contributed by atoms with E-state index in [1.54, 1.807) is 31.2 Å². The van der Waals surface area contributed by atoms with Crippen molar-refractivity contribution in [2.75, 3.05) is 11.6 Å². The summed E-state index contributed by atoms with van der Waals surface area (Å²) in [5, 5.41) is 11.6. The maximum absolute atomic E-state index is 12.4. The number of carboxylic acids is 1. The molecule has 0 radical (unpaired) electrons. The van der Waals surface area contributed by atoms with Crippen molar-refractivity contribution in [2.24, 2.45) is 0 Å². The lowest BCUT2D eigenvalue weighted by atomic mass is 10.1. The monoisotopic (exact) mass is 436 g/mol. The van der Waals surface area contributed by atoms with Crippen LogP contribution < -0.4 is 10.9 Å². The van der Waals surface area contributed by atoms with Gasteiger partial charge in [0.05, 0.1) is 11.7 Å². The first-order valence-corrected chi connectivity index (χ1v) is 10.7. The summed E-state index contributed by atoms with van der Waals surface area (Å²) < 4.78 is 23.6. The third-order valence-electron chi connectivity index (χ3n) is 4.25. The molecule has 2 atom stereocenters. The van der Waals surface area contributed by atoms with Gasteiger partial charge >= 0.3 is 5.97 Å². The zero-order chi connectivity index (χ0) is 21.3. The van der Waals surface area contributed by atoms with Gasteiger partial charge in [-0.15, -0.1) is 0 Å². The number of fused-ring (bicyclic) bond motifs is 1. The third-order valence-corrected chi connectivity index (χ3v) is 5.78. The number of aromatic amines is 1. The molecule has 2 unspecified atom stereocenters. The summed E-state index contributed by atoms with van der Waals surface area (Å²) >= 11 is 6.00. The Bertz CT molecular complexity index is 1260. The molecule has 0 aliphatic carbocycles. The molecular formula is C18H17ClN4O5S. The average Bonchev–Trinajstić information content (AvgIpc) is 2.60. The molecule has 0 amide bonds. The molecule has 0 saturated heterocycles. The Morgan fingerprint density at radius 2 is 2.00 bits per heavy atom. The highest BCUT2D eigenvalue weighted by molar-refractivity contribution is 7.91. The fourth-order valence-electron chi connectivity index (χ4n) is 2.90. The van der Waals surface area contributed by atoms with Gasteiger partial charge in [-0.05, 0) is 37.3 Å². The predicted molar refractivity (Wildman–Crippen MR) is 109 cm³/mol. The standard InChI is InChI=1S/C18H17ClN4O5S/c1-9(12-8-10-7-11(19)3-4-13(10)22-16(12)24)21-18-20-6-5-14(23-18)15(17(25)26)29(2,27)28/h3-9,15H,1-2H3,(H,22,24)(H,25,26)(H,20,21,23). The van der Waals surface area contributed by atoms with E-state index in [2.05, 4.69) is 20.3 Å². The largest absolute Gasteiger partial charge is 0.480 e. The summed E-state index contributed by atoms with van der Waals surface area (Å²) in [5.74, 6) is -1.54. The summed E-state index contributed by atoms with van der Waals surface area (Å²) in [4.78, 5) is 34.6. The van der Waals surface area contributed by atoms with Crippen LogP contribution in [0, 0.1) is 0 Å². The maximum Gasteiger partial charge on any atom is 0.328 e. The van der Waals surface area contributed by atoms with Crippen molar-refractivity contribution in [2.45, 2.75) is 18.2 Å². The van der Waals surface area contributed by atoms with Crippen LogP contribution in [-0.2, 0) is 14.6 Å². The van der Waals surface area contributed by atoms with Crippen LogP contribution in [0.2, 0.25) is 5.02 Å². The predicted octanol–water partition coefficient (Wildman–Crippen LogP) is 2.31. The zero-order valence-electron chi connectivity index (χ0n) is 15.4. The molecule has 0 saturated carbocycles. The molecule has 29 heavy (non-hydrogen) atoms. The number of hydrogen-bond donors (Lipinski definition) is 3. The van der Waals surface area contributed by atoms with Crippen LogP contribution >= 0.6 is 11.6 Å². The van der Waals surface area contributed by atoms with Crippen molar-refractivity contribution in [1.29, 1.82) is 0 Å². The van der Waals surface area contributed by atoms with E-state index in [0.717, 1.165) is 11.6 Å². The Morgan fingerprint density at radius 1 is 1.28 bits per heavy atom. The first-order valence-electron chi connectivity index (χ1n) is 8.40. The highest BCUT2D eigenvalue weighted by atomic mass is 35.5. The molecule has 0 fully saturated rings. The van der Waals surface area contributed by atoms with Crippen molar-refractivity contribution in [3.05, 3.63) is 63.2 Å². The lowest BCUT2D eigenvalue weighted by Gasteiger charge is -2.16. The molecule has 0 aliphatic heterocycles. The second-order valence-electron chi connectivity index (χ2n) is 6.50. The second-order valence-corrected chi connectivity index (χ2v) is 9.07. The van der Waals surface area contributed by atoms with Crippen molar-refractivity contribution in [3.8, 4) is 0 Å². The number of nitrogens with zero attached hydrogens (tertiary/aromatic N) is 2. The van der Waals surface area contributed by atoms with Gasteiger partial charge in [0.1, 0.15) is 0 Å². The third kappa shape index (κ3) is 4.54. The number of aromatic nitrogens is 3. The number of nitrogens with one attached hydrogen (secondary N) is 2. The number of carbonyl (C=O) groups is 1. The zero-order valence-corrected chi connectivity index (χ0v) is 17.0. The van der Waals surface area contributed by atoms with Gasteiger partial charge in [0, 0.05) is 33.9 Å². The fraction of sp³-hybridized carbons (Fsp3) is 0.222. The minimum Gasteiger partial charge on any atom is -0.480 e. The van der Waals surface area contributed by atoms with E-state index in [-0.39, 0.29) is 17.2 Å². The fourth-order valence-corrected chi connectivity index (χ4v) is 4.02. The van der Waals surface area contributed by atoms with Crippen LogP contribution in [0.5, 0.6) is 0 Å². The number of sulfone groups is 1. The Hall–Kier alpha value is -2.98. The molecule has 3 rings (SSSR count). The second kappa shape index (κ2) is 7.80. The van der Waals surface area contributed by atoms with E-state index in [4.69, 9.17) is 11.6 Å². The molecule has 0 aliphatic rings. The SMILES string of the molecule is CC(Nc1nccc(C(C(=O)O)S(C)(=O)=O)n1)c1cc2cc(Cl)ccc2[nH]c1=O. The van der Waals surface area contributed by atoms with Crippen LogP contribution in [0.1, 0.15) is 29.5 Å². The smallest absolute Gasteiger partial charge is 0.328 e. The molecule has 3 N–H and O–H groups in total. The topological polar surface area (TPSA) is 142 Å². The molecule has 0 bridgehead atoms. The quantitative estimate of drug-likeness (QED) is 0.534. The van der Waals surface area contributed by atoms with Gasteiger partial charge in [0.25, 0.3) is 5.56 Å². The normalized spacial score (nSPS) is 13.8. The molecule has 152 valence electrons. The molecule has 9 nitrogen and oxygen atoms in total. The lowest BCUT2D eigenvalue weighted by molar-refractivity contribution is -0.136. The van der Waals surface area contributed by atoms with Gasteiger partial charge in [-0.2, -0.15) is 0 Å². The minimum atomic E-state index is -3.93. The molecule has 11 heteroatoms. The first-order chi connectivity index (χ1) is 13.6. The van der Waals surface area contributed by atoms with Crippen molar-refractivity contribution >= 4 is 44.3 Å². The van der Waals surface area contributed by atoms with E-state index in [9.17, 15) is 23.1 Å². The number of anilines is 1. The van der Waals surface area contributed by atoms with Crippen LogP contribution in [0.4, 0.5) is 5.95 Å². The molecule has 2 aromatic heterocycles. The van der Waals surface area contributed by atoms with Crippen LogP contribution in [0.15, 0.2) is 41.3 Å². The summed E-state index contributed by atoms with van der Waals surface area (Å²) in [5.41, 5.74) is 0.511. The Labute approximate surface area is 170 Å². The van der Waals surface area contributed by atoms with Gasteiger partial charge in [0.15, 0.2) is 15.1 Å².